The number of carbonyl (C=O) groups is 3. The molecule has 1 rings (SSSR count). The number of non-ortho nitro benzene ring substituents is 1. The number of carboxylic acid groups (broad SMARTS) is 2. The van der Waals surface area contributed by atoms with Crippen molar-refractivity contribution in [2.75, 3.05) is 5.75 Å². The summed E-state index contributed by atoms with van der Waals surface area (Å²) in [6.45, 7) is 0. The molecule has 11 heteroatoms. The molecule has 0 heterocycles. The average molecular weight is 346 g/mol. The van der Waals surface area contributed by atoms with E-state index in [1.165, 1.54) is 18.2 Å². The van der Waals surface area contributed by atoms with Crippen LogP contribution in [0.15, 0.2) is 29.2 Å². The molecule has 1 amide bonds. The van der Waals surface area contributed by atoms with Gasteiger partial charge in [0.05, 0.1) is 4.92 Å². The van der Waals surface area contributed by atoms with E-state index < -0.39 is 28.8 Å². The summed E-state index contributed by atoms with van der Waals surface area (Å²) in [6, 6.07) is 4.36. The highest BCUT2D eigenvalue weighted by molar-refractivity contribution is 8.76. The molecule has 1 aromatic carbocycles. The molecule has 9 nitrogen and oxygen atoms in total. The quantitative estimate of drug-likeness (QED) is 0.284. The van der Waals surface area contributed by atoms with Gasteiger partial charge in [0, 0.05) is 22.8 Å². The van der Waals surface area contributed by atoms with Crippen molar-refractivity contribution in [3.05, 3.63) is 34.4 Å². The van der Waals surface area contributed by atoms with Crippen molar-refractivity contribution in [1.29, 1.82) is 0 Å². The number of benzene rings is 1. The third kappa shape index (κ3) is 5.61. The number of nitrogens with one attached hydrogen (secondary N) is 1. The van der Waals surface area contributed by atoms with Gasteiger partial charge >= 0.3 is 17.8 Å². The van der Waals surface area contributed by atoms with E-state index in [0.29, 0.717) is 4.90 Å². The van der Waals surface area contributed by atoms with Gasteiger partial charge in [-0.25, -0.2) is 9.59 Å². The van der Waals surface area contributed by atoms with Gasteiger partial charge in [0.2, 0.25) is 0 Å². The molecular weight excluding hydrogens is 336 g/mol. The summed E-state index contributed by atoms with van der Waals surface area (Å²) in [5.41, 5.74) is -0.0976. The second-order valence-electron chi connectivity index (χ2n) is 3.79. The summed E-state index contributed by atoms with van der Waals surface area (Å²) < 4.78 is 0. The lowest BCUT2D eigenvalue weighted by Crippen LogP contribution is -2.45. The summed E-state index contributed by atoms with van der Waals surface area (Å²) in [5.74, 6) is -4.67. The number of carbonyl (C=O) groups excluding carboxylic acids is 1. The van der Waals surface area contributed by atoms with Crippen molar-refractivity contribution in [1.82, 2.24) is 5.32 Å². The topological polar surface area (TPSA) is 147 Å². The molecule has 0 aliphatic heterocycles. The summed E-state index contributed by atoms with van der Waals surface area (Å²) in [6.07, 6.45) is 0. The molecular formula is C11H10N2O7S2. The molecule has 118 valence electrons. The van der Waals surface area contributed by atoms with Crippen LogP contribution < -0.4 is 5.32 Å². The predicted octanol–water partition coefficient (Wildman–Crippen LogP) is 0.989. The highest BCUT2D eigenvalue weighted by Gasteiger charge is 2.23. The Morgan fingerprint density at radius 1 is 1.32 bits per heavy atom. The van der Waals surface area contributed by atoms with Crippen molar-refractivity contribution >= 4 is 45.1 Å². The maximum absolute atomic E-state index is 10.9. The first-order valence-electron chi connectivity index (χ1n) is 5.61. The fourth-order valence-corrected chi connectivity index (χ4v) is 3.41. The van der Waals surface area contributed by atoms with Crippen LogP contribution in [0.2, 0.25) is 0 Å². The Kier molecular flexibility index (Phi) is 6.66. The minimum Gasteiger partial charge on any atom is -0.480 e. The van der Waals surface area contributed by atoms with Gasteiger partial charge < -0.3 is 15.5 Å². The first kappa shape index (κ1) is 17.8. The zero-order chi connectivity index (χ0) is 16.7. The number of hydrogen-bond donors (Lipinski definition) is 3. The molecule has 0 aliphatic carbocycles. The van der Waals surface area contributed by atoms with Crippen LogP contribution in [0.4, 0.5) is 5.69 Å². The smallest absolute Gasteiger partial charge is 0.394 e. The molecule has 0 fully saturated rings. The van der Waals surface area contributed by atoms with Gasteiger partial charge in [-0.3, -0.25) is 14.9 Å². The normalized spacial score (nSPS) is 11.5. The van der Waals surface area contributed by atoms with Crippen LogP contribution in [-0.4, -0.2) is 44.8 Å². The molecule has 0 bridgehead atoms. The lowest BCUT2D eigenvalue weighted by atomic mass is 10.3. The van der Waals surface area contributed by atoms with Crippen molar-refractivity contribution in [2.24, 2.45) is 0 Å². The van der Waals surface area contributed by atoms with Gasteiger partial charge in [-0.2, -0.15) is 0 Å². The minimum absolute atomic E-state index is 0.0976. The van der Waals surface area contributed by atoms with Crippen molar-refractivity contribution in [3.8, 4) is 0 Å². The summed E-state index contributed by atoms with van der Waals surface area (Å²) in [5, 5.41) is 29.8. The molecule has 0 saturated carbocycles. The van der Waals surface area contributed by atoms with Crippen molar-refractivity contribution in [3.63, 3.8) is 0 Å². The summed E-state index contributed by atoms with van der Waals surface area (Å²) in [7, 11) is 2.11. The summed E-state index contributed by atoms with van der Waals surface area (Å²) in [4.78, 5) is 42.8. The number of nitro benzene ring substituents is 1. The van der Waals surface area contributed by atoms with E-state index >= 15 is 0 Å². The zero-order valence-electron chi connectivity index (χ0n) is 10.8. The Labute approximate surface area is 131 Å². The third-order valence-corrected chi connectivity index (χ3v) is 4.59. The second-order valence-corrected chi connectivity index (χ2v) is 6.21. The lowest BCUT2D eigenvalue weighted by Gasteiger charge is -2.12. The van der Waals surface area contributed by atoms with Crippen LogP contribution in [0, 0.1) is 10.1 Å². The number of amides is 1. The second kappa shape index (κ2) is 8.24. The van der Waals surface area contributed by atoms with E-state index in [-0.39, 0.29) is 11.4 Å². The number of nitro groups is 1. The van der Waals surface area contributed by atoms with Crippen LogP contribution in [0.5, 0.6) is 0 Å². The van der Waals surface area contributed by atoms with Gasteiger partial charge in [0.15, 0.2) is 0 Å². The average Bonchev–Trinajstić information content (AvgIpc) is 2.46. The fraction of sp³-hybridized carbons (Fsp3) is 0.182. The van der Waals surface area contributed by atoms with Crippen LogP contribution in [0.1, 0.15) is 0 Å². The first-order chi connectivity index (χ1) is 10.3. The van der Waals surface area contributed by atoms with Gasteiger partial charge in [0.1, 0.15) is 6.04 Å². The lowest BCUT2D eigenvalue weighted by molar-refractivity contribution is -0.385. The zero-order valence-corrected chi connectivity index (χ0v) is 12.4. The number of carboxylic acids is 2. The Morgan fingerprint density at radius 3 is 2.55 bits per heavy atom. The SMILES string of the molecule is O=C(O)C(=O)N[C@@H](CSSc1cccc([N+](=O)[O-])c1)C(=O)O. The van der Waals surface area contributed by atoms with E-state index in [2.05, 4.69) is 0 Å². The third-order valence-electron chi connectivity index (χ3n) is 2.22. The van der Waals surface area contributed by atoms with Gasteiger partial charge in [-0.15, -0.1) is 0 Å². The Bertz CT molecular complexity index is 608. The fourth-order valence-electron chi connectivity index (χ4n) is 1.21. The monoisotopic (exact) mass is 346 g/mol. The minimum atomic E-state index is -1.78. The standard InChI is InChI=1S/C11H10N2O7S2/c14-9(11(17)18)12-8(10(15)16)5-21-22-7-3-1-2-6(4-7)13(19)20/h1-4,8H,5H2,(H,12,14)(H,15,16)(H,17,18)/t8-/m0/s1. The van der Waals surface area contributed by atoms with E-state index in [0.717, 1.165) is 21.6 Å². The molecule has 0 saturated heterocycles. The van der Waals surface area contributed by atoms with Crippen LogP contribution in [0.25, 0.3) is 0 Å². The number of aliphatic carboxylic acids is 2. The molecule has 0 aliphatic rings. The molecule has 0 aromatic heterocycles. The van der Waals surface area contributed by atoms with Gasteiger partial charge in [-0.1, -0.05) is 27.7 Å². The molecule has 0 unspecified atom stereocenters. The molecule has 0 spiro atoms. The van der Waals surface area contributed by atoms with E-state index in [9.17, 15) is 24.5 Å². The van der Waals surface area contributed by atoms with Gasteiger partial charge in [0.25, 0.3) is 5.69 Å². The maximum atomic E-state index is 10.9. The number of nitrogens with zero attached hydrogens (tertiary/aromatic N) is 1. The van der Waals surface area contributed by atoms with Crippen LogP contribution in [-0.2, 0) is 14.4 Å². The molecule has 0 radical (unpaired) electrons. The van der Waals surface area contributed by atoms with E-state index in [4.69, 9.17) is 10.2 Å². The van der Waals surface area contributed by atoms with E-state index in [1.807, 2.05) is 5.32 Å². The Morgan fingerprint density at radius 2 is 2.00 bits per heavy atom. The number of hydrogen-bond acceptors (Lipinski definition) is 7. The van der Waals surface area contributed by atoms with Gasteiger partial charge in [-0.05, 0) is 6.07 Å². The largest absolute Gasteiger partial charge is 0.480 e. The van der Waals surface area contributed by atoms with Crippen LogP contribution in [0.3, 0.4) is 0 Å². The molecule has 1 aromatic rings. The Balaban J connectivity index is 2.58. The highest BCUT2D eigenvalue weighted by atomic mass is 33.1. The molecule has 22 heavy (non-hydrogen) atoms. The van der Waals surface area contributed by atoms with Crippen LogP contribution >= 0.6 is 21.6 Å². The van der Waals surface area contributed by atoms with Crippen molar-refractivity contribution in [2.45, 2.75) is 10.9 Å². The Hall–Kier alpha value is -2.27. The first-order valence-corrected chi connectivity index (χ1v) is 7.93. The molecule has 1 atom stereocenters. The van der Waals surface area contributed by atoms with Crippen molar-refractivity contribution < 1.29 is 29.5 Å². The number of rotatable bonds is 7. The predicted molar refractivity (Wildman–Crippen MR) is 78.6 cm³/mol. The molecule has 3 N–H and O–H groups in total. The highest BCUT2D eigenvalue weighted by Crippen LogP contribution is 2.33. The summed E-state index contributed by atoms with van der Waals surface area (Å²) >= 11 is 0. The van der Waals surface area contributed by atoms with E-state index in [1.54, 1.807) is 6.07 Å². The maximum Gasteiger partial charge on any atom is 0.394 e.